The van der Waals surface area contributed by atoms with E-state index >= 15 is 0 Å². The van der Waals surface area contributed by atoms with Crippen LogP contribution in [-0.2, 0) is 9.59 Å². The number of nitrogens with zero attached hydrogens (tertiary/aromatic N) is 1. The first kappa shape index (κ1) is 36.1. The number of hydrazine groups is 1. The van der Waals surface area contributed by atoms with Gasteiger partial charge in [-0.2, -0.15) is 5.10 Å². The molecule has 10 nitrogen and oxygen atoms in total. The highest BCUT2D eigenvalue weighted by Gasteiger charge is 2.45. The zero-order chi connectivity index (χ0) is 35.9. The van der Waals surface area contributed by atoms with Gasteiger partial charge in [-0.15, -0.1) is 0 Å². The Morgan fingerprint density at radius 2 is 1.06 bits per heavy atom. The minimum absolute atomic E-state index is 0.0277. The molecule has 0 spiro atoms. The van der Waals surface area contributed by atoms with Crippen molar-refractivity contribution in [3.63, 3.8) is 0 Å². The molecule has 4 aromatic carbocycles. The van der Waals surface area contributed by atoms with Gasteiger partial charge in [0.25, 0.3) is 5.91 Å². The Morgan fingerprint density at radius 1 is 0.640 bits per heavy atom. The first-order valence-electron chi connectivity index (χ1n) is 16.6. The number of amides is 2. The lowest BCUT2D eigenvalue weighted by Gasteiger charge is -2.25. The molecule has 0 saturated carbocycles. The van der Waals surface area contributed by atoms with E-state index in [-0.39, 0.29) is 23.4 Å². The molecule has 3 unspecified atom stereocenters. The number of ketones is 2. The molecule has 2 amide bonds. The monoisotopic (exact) mass is 688 g/mol. The van der Waals surface area contributed by atoms with Crippen LogP contribution in [0.25, 0.3) is 0 Å². The van der Waals surface area contributed by atoms with Crippen molar-refractivity contribution in [2.75, 3.05) is 10.6 Å². The first-order chi connectivity index (χ1) is 23.8. The number of nitrogens with one attached hydrogen (secondary N) is 5. The number of hydrogen-bond donors (Lipinski definition) is 5. The van der Waals surface area contributed by atoms with Crippen LogP contribution in [0, 0.1) is 0 Å². The zero-order valence-electron chi connectivity index (χ0n) is 29.0. The van der Waals surface area contributed by atoms with Crippen LogP contribution in [0.5, 0.6) is 0 Å². The Bertz CT molecular complexity index is 1850. The summed E-state index contributed by atoms with van der Waals surface area (Å²) in [6.07, 6.45) is 2.99. The van der Waals surface area contributed by atoms with Gasteiger partial charge >= 0.3 is 0 Å². The van der Waals surface area contributed by atoms with Crippen LogP contribution in [0.1, 0.15) is 58.5 Å². The number of rotatable bonds is 9. The van der Waals surface area contributed by atoms with E-state index in [1.807, 2.05) is 43.3 Å². The lowest BCUT2D eigenvalue weighted by Crippen LogP contribution is -2.51. The molecular weight excluding hydrogens is 645 g/mol. The van der Waals surface area contributed by atoms with Crippen LogP contribution < -0.4 is 26.9 Å². The Labute approximate surface area is 294 Å². The fraction of sp³-hybridized carbons (Fsp3) is 0.256. The molecule has 2 aliphatic rings. The summed E-state index contributed by atoms with van der Waals surface area (Å²) in [4.78, 5) is 49.8. The smallest absolute Gasteiger partial charge is 0.251 e. The summed E-state index contributed by atoms with van der Waals surface area (Å²) in [5.74, 6) is -0.295. The number of benzene rings is 4. The van der Waals surface area contributed by atoms with Gasteiger partial charge in [0.15, 0.2) is 11.6 Å². The van der Waals surface area contributed by atoms with Crippen molar-refractivity contribution in [2.45, 2.75) is 63.1 Å². The van der Waals surface area contributed by atoms with Gasteiger partial charge in [-0.25, -0.2) is 5.43 Å². The number of hydrazone groups is 1. The van der Waals surface area contributed by atoms with Crippen molar-refractivity contribution in [1.82, 2.24) is 16.3 Å². The summed E-state index contributed by atoms with van der Waals surface area (Å²) < 4.78 is 0. The van der Waals surface area contributed by atoms with E-state index in [0.717, 1.165) is 6.42 Å². The van der Waals surface area contributed by atoms with E-state index in [2.05, 4.69) is 51.7 Å². The van der Waals surface area contributed by atoms with Crippen LogP contribution in [0.15, 0.2) is 114 Å². The molecule has 4 aromatic rings. The van der Waals surface area contributed by atoms with E-state index < -0.39 is 19.2 Å². The molecule has 2 aliphatic heterocycles. The summed E-state index contributed by atoms with van der Waals surface area (Å²) in [5.41, 5.74) is 12.1. The summed E-state index contributed by atoms with van der Waals surface area (Å²) in [7, 11) is -1.39. The van der Waals surface area contributed by atoms with E-state index in [1.165, 1.54) is 0 Å². The largest absolute Gasteiger partial charge is 0.324 e. The highest BCUT2D eigenvalue weighted by Crippen LogP contribution is 2.26. The van der Waals surface area contributed by atoms with E-state index in [0.29, 0.717) is 45.7 Å². The summed E-state index contributed by atoms with van der Waals surface area (Å²) >= 11 is 0. The lowest BCUT2D eigenvalue weighted by atomic mass is 9.99. The van der Waals surface area contributed by atoms with E-state index in [1.54, 1.807) is 85.9 Å². The maximum atomic E-state index is 12.8. The van der Waals surface area contributed by atoms with Crippen molar-refractivity contribution < 1.29 is 19.2 Å². The summed E-state index contributed by atoms with van der Waals surface area (Å²) in [5, 5.41) is 9.69. The third-order valence-corrected chi connectivity index (χ3v) is 11.4. The van der Waals surface area contributed by atoms with E-state index in [9.17, 15) is 19.2 Å². The molecule has 1 fully saturated rings. The topological polar surface area (TPSA) is 141 Å². The van der Waals surface area contributed by atoms with Gasteiger partial charge in [-0.3, -0.25) is 30.0 Å². The van der Waals surface area contributed by atoms with Gasteiger partial charge in [0.05, 0.1) is 8.07 Å². The second-order valence-corrected chi connectivity index (χ2v) is 19.6. The Hall–Kier alpha value is -5.23. The molecular formula is C39H44N6O4Si. The predicted octanol–water partition coefficient (Wildman–Crippen LogP) is 5.95. The molecule has 1 saturated heterocycles. The maximum Gasteiger partial charge on any atom is 0.251 e. The highest BCUT2D eigenvalue weighted by atomic mass is 28.3. The van der Waals surface area contributed by atoms with Gasteiger partial charge in [-0.05, 0) is 68.8 Å². The van der Waals surface area contributed by atoms with Crippen LogP contribution in [-0.4, -0.2) is 54.4 Å². The highest BCUT2D eigenvalue weighted by molar-refractivity contribution is 6.77. The van der Waals surface area contributed by atoms with Crippen molar-refractivity contribution in [3.05, 3.63) is 131 Å². The SMILES string of the molecule is CC1(C(=O)Nc2ccc(C(=O)c3ccccc3)cc2)CC([Si](C)(C)C)NN1.CC1(C(=O)Nc2ccc(C(=O)c3ccccc3)cc2)CC=NN1. The second-order valence-electron chi connectivity index (χ2n) is 14.1. The van der Waals surface area contributed by atoms with Gasteiger partial charge in [-0.1, -0.05) is 80.3 Å². The van der Waals surface area contributed by atoms with Crippen LogP contribution in [0.2, 0.25) is 19.6 Å². The zero-order valence-corrected chi connectivity index (χ0v) is 30.0. The van der Waals surface area contributed by atoms with Crippen LogP contribution >= 0.6 is 0 Å². The first-order valence-corrected chi connectivity index (χ1v) is 20.2. The minimum Gasteiger partial charge on any atom is -0.324 e. The molecule has 2 heterocycles. The molecule has 11 heteroatoms. The second kappa shape index (κ2) is 15.1. The molecule has 0 aliphatic carbocycles. The number of hydrogen-bond acceptors (Lipinski definition) is 8. The fourth-order valence-electron chi connectivity index (χ4n) is 5.49. The molecule has 3 atom stereocenters. The molecule has 6 rings (SSSR count). The summed E-state index contributed by atoms with van der Waals surface area (Å²) in [6.45, 7) is 10.6. The molecule has 258 valence electrons. The van der Waals surface area contributed by atoms with Gasteiger partial charge in [0.2, 0.25) is 5.91 Å². The Morgan fingerprint density at radius 3 is 1.44 bits per heavy atom. The van der Waals surface area contributed by atoms with Crippen molar-refractivity contribution >= 4 is 49.0 Å². The standard InChI is InChI=1S/C21H27N3O2Si.C18H17N3O2/c1-21(14-18(23-24-21)27(2,3)4)20(26)22-17-12-10-16(11-13-17)19(25)15-8-6-5-7-9-15;1-18(11-12-19-21-18)17(23)20-15-9-7-14(8-10-15)16(22)13-5-3-2-4-6-13/h5-13,18,23-24H,14H2,1-4H3,(H,22,26);2-10,12,21H,11H2,1H3,(H,20,23). The molecule has 0 aromatic heterocycles. The van der Waals surface area contributed by atoms with Crippen molar-refractivity contribution in [3.8, 4) is 0 Å². The Kier molecular flexibility index (Phi) is 10.9. The average Bonchev–Trinajstić information content (AvgIpc) is 3.77. The van der Waals surface area contributed by atoms with Gasteiger partial charge in [0.1, 0.15) is 11.1 Å². The predicted molar refractivity (Wildman–Crippen MR) is 201 cm³/mol. The molecule has 50 heavy (non-hydrogen) atoms. The van der Waals surface area contributed by atoms with Crippen molar-refractivity contribution in [1.29, 1.82) is 0 Å². The normalized spacial score (nSPS) is 20.9. The molecule has 0 radical (unpaired) electrons. The van der Waals surface area contributed by atoms with Crippen LogP contribution in [0.3, 0.4) is 0 Å². The van der Waals surface area contributed by atoms with Gasteiger partial charge in [0, 0.05) is 51.9 Å². The quantitative estimate of drug-likeness (QED) is 0.108. The Balaban J connectivity index is 0.000000197. The molecule has 0 bridgehead atoms. The van der Waals surface area contributed by atoms with E-state index in [4.69, 9.17) is 0 Å². The van der Waals surface area contributed by atoms with Gasteiger partial charge < -0.3 is 10.6 Å². The maximum absolute atomic E-state index is 12.8. The van der Waals surface area contributed by atoms with Crippen molar-refractivity contribution in [2.24, 2.45) is 5.10 Å². The minimum atomic E-state index is -1.39. The average molecular weight is 689 g/mol. The third-order valence-electron chi connectivity index (χ3n) is 8.97. The fourth-order valence-corrected chi connectivity index (χ4v) is 7.02. The van der Waals surface area contributed by atoms with Crippen LogP contribution in [0.4, 0.5) is 11.4 Å². The lowest BCUT2D eigenvalue weighted by molar-refractivity contribution is -0.122. The number of carbonyl (C=O) groups is 4. The number of anilines is 2. The number of carbonyl (C=O) groups excluding carboxylic acids is 4. The summed E-state index contributed by atoms with van der Waals surface area (Å²) in [6, 6.07) is 32.2. The molecule has 5 N–H and O–H groups in total. The third kappa shape index (κ3) is 8.67.